The number of halogens is 1. The van der Waals surface area contributed by atoms with Crippen LogP contribution in [0.1, 0.15) is 53.7 Å². The Morgan fingerprint density at radius 1 is 0.913 bits per heavy atom. The van der Waals surface area contributed by atoms with Gasteiger partial charge >= 0.3 is 0 Å². The number of ether oxygens (including phenoxy) is 1. The Labute approximate surface area is 267 Å². The van der Waals surface area contributed by atoms with Gasteiger partial charge in [-0.15, -0.1) is 0 Å². The molecule has 4 N–H and O–H groups in total. The lowest BCUT2D eigenvalue weighted by Crippen LogP contribution is -2.47. The second-order valence-electron chi connectivity index (χ2n) is 10.8. The van der Waals surface area contributed by atoms with Gasteiger partial charge in [0.05, 0.1) is 17.0 Å². The van der Waals surface area contributed by atoms with Crippen molar-refractivity contribution in [3.63, 3.8) is 0 Å². The number of nitrogens with one attached hydrogen (secondary N) is 4. The Hall–Kier alpha value is -5.32. The van der Waals surface area contributed by atoms with E-state index in [-0.39, 0.29) is 49.1 Å². The number of carbonyl (C=O) groups excluding carboxylic acids is 4. The second-order valence-corrected chi connectivity index (χ2v) is 10.8. The summed E-state index contributed by atoms with van der Waals surface area (Å²) in [5, 5.41) is 8.11. The van der Waals surface area contributed by atoms with Crippen LogP contribution in [0.2, 0.25) is 0 Å². The van der Waals surface area contributed by atoms with Gasteiger partial charge in [0.15, 0.2) is 0 Å². The lowest BCUT2D eigenvalue weighted by atomic mass is 10.0. The maximum absolute atomic E-state index is 14.0. The zero-order chi connectivity index (χ0) is 33.1. The normalized spacial score (nSPS) is 11.4. The van der Waals surface area contributed by atoms with Crippen molar-refractivity contribution in [3.8, 4) is 22.9 Å². The van der Waals surface area contributed by atoms with Crippen LogP contribution in [0, 0.1) is 12.7 Å². The molecule has 46 heavy (non-hydrogen) atoms. The topological polar surface area (TPSA) is 142 Å². The molecule has 0 fully saturated rings. The highest BCUT2D eigenvalue weighted by Gasteiger charge is 2.23. The van der Waals surface area contributed by atoms with E-state index >= 15 is 0 Å². The van der Waals surface area contributed by atoms with E-state index < -0.39 is 11.9 Å². The highest BCUT2D eigenvalue weighted by atomic mass is 19.1. The number of H-pyrrole nitrogens is 1. The summed E-state index contributed by atoms with van der Waals surface area (Å²) in [5.41, 5.74) is 3.47. The van der Waals surface area contributed by atoms with E-state index in [2.05, 4.69) is 25.9 Å². The van der Waals surface area contributed by atoms with Gasteiger partial charge < -0.3 is 25.7 Å². The highest BCUT2D eigenvalue weighted by molar-refractivity contribution is 5.98. The first-order chi connectivity index (χ1) is 22.1. The largest absolute Gasteiger partial charge is 0.457 e. The monoisotopic (exact) mass is 627 g/mol. The summed E-state index contributed by atoms with van der Waals surface area (Å²) in [4.78, 5) is 57.4. The number of rotatable bonds is 15. The standard InChI is InChI=1S/C35H38FN5O5/c1-4-37-33(43)13-12-30(35(45)38-5-2)41-34(44)25-19-31(40-21-25)32-20-28(14-15-39-32)46-27-9-7-23(8-10-27)17-26(42)18-24-16-22(3)6-11-29(24)36/h6-11,14-16,19-21,30,40H,4-5,12-13,17-18H2,1-3H3,(H,37,43)(H,38,45)(H,41,44)/t30-/m0/s1. The van der Waals surface area contributed by atoms with E-state index in [0.29, 0.717) is 47.1 Å². The molecule has 0 saturated heterocycles. The molecule has 0 radical (unpaired) electrons. The van der Waals surface area contributed by atoms with Crippen LogP contribution >= 0.6 is 0 Å². The maximum atomic E-state index is 14.0. The van der Waals surface area contributed by atoms with Crippen molar-refractivity contribution in [3.05, 3.63) is 101 Å². The van der Waals surface area contributed by atoms with Crippen LogP contribution in [0.25, 0.3) is 11.4 Å². The lowest BCUT2D eigenvalue weighted by Gasteiger charge is -2.17. The number of aryl methyl sites for hydroxylation is 1. The average molecular weight is 628 g/mol. The number of pyridine rings is 1. The number of nitrogens with zero attached hydrogens (tertiary/aromatic N) is 1. The highest BCUT2D eigenvalue weighted by Crippen LogP contribution is 2.26. The van der Waals surface area contributed by atoms with E-state index in [1.807, 2.05) is 13.8 Å². The van der Waals surface area contributed by atoms with Gasteiger partial charge in [-0.1, -0.05) is 29.8 Å². The molecule has 0 aliphatic carbocycles. The van der Waals surface area contributed by atoms with E-state index in [1.54, 1.807) is 67.7 Å². The predicted molar refractivity (Wildman–Crippen MR) is 172 cm³/mol. The number of aromatic nitrogens is 2. The molecule has 3 amide bonds. The van der Waals surface area contributed by atoms with Crippen LogP contribution in [0.4, 0.5) is 4.39 Å². The summed E-state index contributed by atoms with van der Waals surface area (Å²) in [5.74, 6) is -0.437. The molecule has 4 aromatic rings. The third-order valence-corrected chi connectivity index (χ3v) is 7.11. The van der Waals surface area contributed by atoms with Gasteiger partial charge in [-0.2, -0.15) is 0 Å². The smallest absolute Gasteiger partial charge is 0.253 e. The van der Waals surface area contributed by atoms with Gasteiger partial charge in [0.25, 0.3) is 5.91 Å². The number of Topliss-reactive ketones (excluding diaryl/α,β-unsaturated/α-hetero) is 1. The number of likely N-dealkylation sites (N-methyl/N-ethyl adjacent to an activating group) is 1. The molecule has 0 saturated carbocycles. The molecule has 2 aromatic heterocycles. The van der Waals surface area contributed by atoms with Crippen LogP contribution in [0.15, 0.2) is 73.1 Å². The molecule has 0 aliphatic rings. The van der Waals surface area contributed by atoms with E-state index in [9.17, 15) is 23.6 Å². The Morgan fingerprint density at radius 3 is 2.41 bits per heavy atom. The molecular formula is C35H38FN5O5. The summed E-state index contributed by atoms with van der Waals surface area (Å²) >= 11 is 0. The first kappa shape index (κ1) is 33.6. The SMILES string of the molecule is CCNC(=O)CC[C@H](NC(=O)c1c[nH]c(-c2cc(Oc3ccc(CC(=O)Cc4cc(C)ccc4F)cc3)ccn2)c1)C(=O)NCC. The number of hydrogen-bond donors (Lipinski definition) is 4. The van der Waals surface area contributed by atoms with Gasteiger partial charge in [-0.3, -0.25) is 24.2 Å². The molecule has 240 valence electrons. The molecule has 11 heteroatoms. The van der Waals surface area contributed by atoms with E-state index in [1.165, 1.54) is 12.3 Å². The van der Waals surface area contributed by atoms with Crippen LogP contribution in [0.3, 0.4) is 0 Å². The zero-order valence-corrected chi connectivity index (χ0v) is 26.1. The first-order valence-electron chi connectivity index (χ1n) is 15.2. The van der Waals surface area contributed by atoms with Gasteiger partial charge in [0.2, 0.25) is 11.8 Å². The van der Waals surface area contributed by atoms with Crippen molar-refractivity contribution in [1.29, 1.82) is 0 Å². The zero-order valence-electron chi connectivity index (χ0n) is 26.1. The Bertz CT molecular complexity index is 1680. The van der Waals surface area contributed by atoms with Gasteiger partial charge in [-0.05, 0) is 68.7 Å². The second kappa shape index (κ2) is 16.1. The third-order valence-electron chi connectivity index (χ3n) is 7.11. The van der Waals surface area contributed by atoms with E-state index in [4.69, 9.17) is 4.74 Å². The summed E-state index contributed by atoms with van der Waals surface area (Å²) in [6.45, 7) is 6.32. The molecule has 0 bridgehead atoms. The lowest BCUT2D eigenvalue weighted by molar-refractivity contribution is -0.124. The average Bonchev–Trinajstić information content (AvgIpc) is 3.53. The summed E-state index contributed by atoms with van der Waals surface area (Å²) < 4.78 is 20.0. The first-order valence-corrected chi connectivity index (χ1v) is 15.2. The van der Waals surface area contributed by atoms with Crippen molar-refractivity contribution in [1.82, 2.24) is 25.9 Å². The van der Waals surface area contributed by atoms with Crippen molar-refractivity contribution in [2.45, 2.75) is 52.5 Å². The third kappa shape index (κ3) is 9.59. The fourth-order valence-electron chi connectivity index (χ4n) is 4.82. The van der Waals surface area contributed by atoms with Crippen LogP contribution in [-0.2, 0) is 27.2 Å². The number of amides is 3. The van der Waals surface area contributed by atoms with Crippen molar-refractivity contribution in [2.24, 2.45) is 0 Å². The number of carbonyl (C=O) groups is 4. The predicted octanol–water partition coefficient (Wildman–Crippen LogP) is 4.82. The maximum Gasteiger partial charge on any atom is 0.253 e. The fraction of sp³-hybridized carbons (Fsp3) is 0.286. The number of ketones is 1. The molecule has 0 spiro atoms. The van der Waals surface area contributed by atoms with Crippen LogP contribution in [-0.4, -0.2) is 52.6 Å². The minimum absolute atomic E-state index is 0.0280. The number of aromatic amines is 1. The molecule has 2 aromatic carbocycles. The Balaban J connectivity index is 1.36. The van der Waals surface area contributed by atoms with Crippen LogP contribution < -0.4 is 20.7 Å². The van der Waals surface area contributed by atoms with Gasteiger partial charge in [0.1, 0.15) is 29.1 Å². The van der Waals surface area contributed by atoms with E-state index in [0.717, 1.165) is 11.1 Å². The van der Waals surface area contributed by atoms with Gasteiger partial charge in [-0.25, -0.2) is 4.39 Å². The molecule has 0 aliphatic heterocycles. The minimum atomic E-state index is -0.871. The van der Waals surface area contributed by atoms with Gasteiger partial charge in [0, 0.05) is 50.8 Å². The van der Waals surface area contributed by atoms with Crippen molar-refractivity contribution in [2.75, 3.05) is 13.1 Å². The molecule has 4 rings (SSSR count). The minimum Gasteiger partial charge on any atom is -0.457 e. The Kier molecular flexibility index (Phi) is 11.8. The summed E-state index contributed by atoms with van der Waals surface area (Å²) in [7, 11) is 0. The molecule has 1 atom stereocenters. The van der Waals surface area contributed by atoms with Crippen molar-refractivity contribution >= 4 is 23.5 Å². The number of hydrogen-bond acceptors (Lipinski definition) is 6. The molecular weight excluding hydrogens is 589 g/mol. The molecule has 2 heterocycles. The quantitative estimate of drug-likeness (QED) is 0.149. The fourth-order valence-corrected chi connectivity index (χ4v) is 4.82. The summed E-state index contributed by atoms with van der Waals surface area (Å²) in [6.07, 6.45) is 3.56. The van der Waals surface area contributed by atoms with Crippen LogP contribution in [0.5, 0.6) is 11.5 Å². The molecule has 10 nitrogen and oxygen atoms in total. The molecule has 0 unspecified atom stereocenters. The summed E-state index contributed by atoms with van der Waals surface area (Å²) in [6, 6.07) is 16.0. The van der Waals surface area contributed by atoms with Crippen molar-refractivity contribution < 1.29 is 28.3 Å². The Morgan fingerprint density at radius 2 is 1.67 bits per heavy atom. The number of benzene rings is 2.